The topological polar surface area (TPSA) is 46.3 Å². The summed E-state index contributed by atoms with van der Waals surface area (Å²) in [6, 6.07) is 0.650. The van der Waals surface area contributed by atoms with Gasteiger partial charge < -0.3 is 10.6 Å². The van der Waals surface area contributed by atoms with E-state index in [1.54, 1.807) is 0 Å². The highest BCUT2D eigenvalue weighted by Crippen LogP contribution is 2.32. The quantitative estimate of drug-likeness (QED) is 0.684. The lowest BCUT2D eigenvalue weighted by atomic mass is 10.2. The molecule has 2 N–H and O–H groups in total. The number of rotatable bonds is 2. The molecule has 2 saturated carbocycles. The summed E-state index contributed by atoms with van der Waals surface area (Å²) in [5.74, 6) is 0.421. The molecule has 74 valence electrons. The summed E-state index contributed by atoms with van der Waals surface area (Å²) in [4.78, 5) is 13.7. The van der Waals surface area contributed by atoms with Crippen molar-refractivity contribution in [3.63, 3.8) is 0 Å². The van der Waals surface area contributed by atoms with E-state index < -0.39 is 0 Å². The number of nitrogens with zero attached hydrogens (tertiary/aromatic N) is 1. The van der Waals surface area contributed by atoms with Gasteiger partial charge in [0.2, 0.25) is 5.91 Å². The van der Waals surface area contributed by atoms with Crippen LogP contribution in [0.4, 0.5) is 0 Å². The number of hydrogen-bond acceptors (Lipinski definition) is 2. The Hall–Kier alpha value is -0.570. The molecule has 0 aromatic rings. The molecular formula is C10H18N2O. The van der Waals surface area contributed by atoms with Gasteiger partial charge in [0.25, 0.3) is 0 Å². The smallest absolute Gasteiger partial charge is 0.227 e. The number of carbonyl (C=O) groups excluding carboxylic acids is 1. The molecule has 2 rings (SSSR count). The van der Waals surface area contributed by atoms with Crippen LogP contribution in [-0.4, -0.2) is 29.9 Å². The van der Waals surface area contributed by atoms with E-state index in [9.17, 15) is 4.79 Å². The van der Waals surface area contributed by atoms with Crippen molar-refractivity contribution in [3.8, 4) is 0 Å². The molecule has 0 aromatic heterocycles. The Morgan fingerprint density at radius 1 is 1.38 bits per heavy atom. The van der Waals surface area contributed by atoms with Crippen molar-refractivity contribution >= 4 is 5.91 Å². The maximum Gasteiger partial charge on any atom is 0.227 e. The Labute approximate surface area is 79.3 Å². The third-order valence-electron chi connectivity index (χ3n) is 3.38. The summed E-state index contributed by atoms with van der Waals surface area (Å²) >= 11 is 0. The SMILES string of the molecule is CN(C(=O)C1CC1N)C1CCCC1. The zero-order chi connectivity index (χ0) is 9.42. The van der Waals surface area contributed by atoms with Crippen LogP contribution in [0.25, 0.3) is 0 Å². The average Bonchev–Trinajstić information content (AvgIpc) is 2.69. The summed E-state index contributed by atoms with van der Waals surface area (Å²) in [7, 11) is 1.93. The van der Waals surface area contributed by atoms with Crippen molar-refractivity contribution in [1.29, 1.82) is 0 Å². The van der Waals surface area contributed by atoms with Crippen LogP contribution in [0.3, 0.4) is 0 Å². The van der Waals surface area contributed by atoms with Crippen LogP contribution in [-0.2, 0) is 4.79 Å². The highest BCUT2D eigenvalue weighted by Gasteiger charge is 2.42. The van der Waals surface area contributed by atoms with Gasteiger partial charge in [-0.25, -0.2) is 0 Å². The minimum atomic E-state index is 0.144. The third kappa shape index (κ3) is 1.70. The molecule has 13 heavy (non-hydrogen) atoms. The summed E-state index contributed by atoms with van der Waals surface area (Å²) in [5.41, 5.74) is 5.66. The molecule has 3 nitrogen and oxygen atoms in total. The minimum Gasteiger partial charge on any atom is -0.342 e. The first-order valence-electron chi connectivity index (χ1n) is 5.22. The van der Waals surface area contributed by atoms with Crippen molar-refractivity contribution < 1.29 is 4.79 Å². The molecule has 0 saturated heterocycles. The summed E-state index contributed by atoms with van der Waals surface area (Å²) in [6.45, 7) is 0. The van der Waals surface area contributed by atoms with E-state index in [0.717, 1.165) is 6.42 Å². The van der Waals surface area contributed by atoms with Crippen LogP contribution in [0.1, 0.15) is 32.1 Å². The van der Waals surface area contributed by atoms with Crippen LogP contribution in [0.15, 0.2) is 0 Å². The Balaban J connectivity index is 1.88. The van der Waals surface area contributed by atoms with E-state index >= 15 is 0 Å². The minimum absolute atomic E-state index is 0.144. The van der Waals surface area contributed by atoms with E-state index in [0.29, 0.717) is 6.04 Å². The van der Waals surface area contributed by atoms with Gasteiger partial charge in [0.05, 0.1) is 5.92 Å². The lowest BCUT2D eigenvalue weighted by molar-refractivity contribution is -0.133. The zero-order valence-electron chi connectivity index (χ0n) is 8.20. The highest BCUT2D eigenvalue weighted by atomic mass is 16.2. The van der Waals surface area contributed by atoms with Crippen LogP contribution in [0, 0.1) is 5.92 Å². The van der Waals surface area contributed by atoms with Gasteiger partial charge in [0.1, 0.15) is 0 Å². The summed E-state index contributed by atoms with van der Waals surface area (Å²) < 4.78 is 0. The van der Waals surface area contributed by atoms with Gasteiger partial charge in [0, 0.05) is 19.1 Å². The Morgan fingerprint density at radius 3 is 2.38 bits per heavy atom. The molecule has 3 heteroatoms. The lowest BCUT2D eigenvalue weighted by Crippen LogP contribution is -2.37. The number of amides is 1. The lowest BCUT2D eigenvalue weighted by Gasteiger charge is -2.24. The number of hydrogen-bond donors (Lipinski definition) is 1. The molecular weight excluding hydrogens is 164 g/mol. The fourth-order valence-electron chi connectivity index (χ4n) is 2.23. The van der Waals surface area contributed by atoms with Gasteiger partial charge in [-0.3, -0.25) is 4.79 Å². The van der Waals surface area contributed by atoms with E-state index in [2.05, 4.69) is 0 Å². The fraction of sp³-hybridized carbons (Fsp3) is 0.900. The Morgan fingerprint density at radius 2 is 1.92 bits per heavy atom. The third-order valence-corrected chi connectivity index (χ3v) is 3.38. The van der Waals surface area contributed by atoms with Crippen LogP contribution >= 0.6 is 0 Å². The van der Waals surface area contributed by atoms with E-state index in [1.807, 2.05) is 11.9 Å². The first kappa shape index (κ1) is 9.00. The maximum absolute atomic E-state index is 11.7. The summed E-state index contributed by atoms with van der Waals surface area (Å²) in [6.07, 6.45) is 5.82. The van der Waals surface area contributed by atoms with E-state index in [-0.39, 0.29) is 17.9 Å². The van der Waals surface area contributed by atoms with Crippen molar-refractivity contribution in [1.82, 2.24) is 4.90 Å². The molecule has 2 aliphatic carbocycles. The van der Waals surface area contributed by atoms with Crippen molar-refractivity contribution in [2.45, 2.75) is 44.2 Å². The van der Waals surface area contributed by atoms with Crippen LogP contribution in [0.5, 0.6) is 0 Å². The molecule has 0 aliphatic heterocycles. The molecule has 0 spiro atoms. The first-order valence-corrected chi connectivity index (χ1v) is 5.22. The zero-order valence-corrected chi connectivity index (χ0v) is 8.20. The molecule has 1 amide bonds. The van der Waals surface area contributed by atoms with Crippen LogP contribution < -0.4 is 5.73 Å². The monoisotopic (exact) mass is 182 g/mol. The van der Waals surface area contributed by atoms with Gasteiger partial charge in [-0.15, -0.1) is 0 Å². The summed E-state index contributed by atoms with van der Waals surface area (Å²) in [5, 5.41) is 0. The second kappa shape index (κ2) is 3.29. The molecule has 2 fully saturated rings. The van der Waals surface area contributed by atoms with E-state index in [4.69, 9.17) is 5.73 Å². The van der Waals surface area contributed by atoms with Gasteiger partial charge in [0.15, 0.2) is 0 Å². The molecule has 2 atom stereocenters. The number of nitrogens with two attached hydrogens (primary N) is 1. The first-order chi connectivity index (χ1) is 6.20. The van der Waals surface area contributed by atoms with Crippen molar-refractivity contribution in [2.24, 2.45) is 11.7 Å². The normalized spacial score (nSPS) is 33.4. The molecule has 0 heterocycles. The van der Waals surface area contributed by atoms with Gasteiger partial charge in [-0.1, -0.05) is 12.8 Å². The molecule has 2 aliphatic rings. The molecule has 0 radical (unpaired) electrons. The second-order valence-corrected chi connectivity index (χ2v) is 4.39. The molecule has 2 unspecified atom stereocenters. The van der Waals surface area contributed by atoms with Gasteiger partial charge in [-0.05, 0) is 19.3 Å². The van der Waals surface area contributed by atoms with Gasteiger partial charge >= 0.3 is 0 Å². The van der Waals surface area contributed by atoms with Crippen LogP contribution in [0.2, 0.25) is 0 Å². The number of carbonyl (C=O) groups is 1. The Kier molecular flexibility index (Phi) is 2.28. The molecule has 0 aromatic carbocycles. The largest absolute Gasteiger partial charge is 0.342 e. The highest BCUT2D eigenvalue weighted by molar-refractivity contribution is 5.82. The van der Waals surface area contributed by atoms with E-state index in [1.165, 1.54) is 25.7 Å². The van der Waals surface area contributed by atoms with Crippen molar-refractivity contribution in [3.05, 3.63) is 0 Å². The molecule has 0 bridgehead atoms. The average molecular weight is 182 g/mol. The van der Waals surface area contributed by atoms with Crippen molar-refractivity contribution in [2.75, 3.05) is 7.05 Å². The van der Waals surface area contributed by atoms with Gasteiger partial charge in [-0.2, -0.15) is 0 Å². The Bertz CT molecular complexity index is 211. The predicted octanol–water partition coefficient (Wildman–Crippen LogP) is 0.735. The standard InChI is InChI=1S/C10H18N2O/c1-12(7-4-2-3-5-7)10(13)8-6-9(8)11/h7-9H,2-6,11H2,1H3. The fourth-order valence-corrected chi connectivity index (χ4v) is 2.23. The second-order valence-electron chi connectivity index (χ2n) is 4.39. The maximum atomic E-state index is 11.7. The predicted molar refractivity (Wildman–Crippen MR) is 51.1 cm³/mol.